The van der Waals surface area contributed by atoms with Gasteiger partial charge in [0.25, 0.3) is 0 Å². The molecule has 0 heterocycles. The Labute approximate surface area is 101 Å². The molecule has 0 aliphatic carbocycles. The van der Waals surface area contributed by atoms with Gasteiger partial charge in [0, 0.05) is 0 Å². The summed E-state index contributed by atoms with van der Waals surface area (Å²) in [4.78, 5) is 11.0. The molecule has 1 unspecified atom stereocenters. The minimum absolute atomic E-state index is 0.0130. The van der Waals surface area contributed by atoms with Crippen molar-refractivity contribution < 1.29 is 14.3 Å². The molecule has 0 aliphatic rings. The van der Waals surface area contributed by atoms with Crippen molar-refractivity contribution in [3.8, 4) is 0 Å². The van der Waals surface area contributed by atoms with Crippen LogP contribution in [0.4, 0.5) is 4.39 Å². The highest BCUT2D eigenvalue weighted by atomic mass is 19.1. The fourth-order valence-electron chi connectivity index (χ4n) is 1.52. The van der Waals surface area contributed by atoms with Crippen molar-refractivity contribution in [3.63, 3.8) is 0 Å². The van der Waals surface area contributed by atoms with E-state index < -0.39 is 11.9 Å². The van der Waals surface area contributed by atoms with Gasteiger partial charge in [-0.05, 0) is 30.0 Å². The number of hydrogen-bond donors (Lipinski definition) is 1. The number of carboxylic acids is 1. The lowest BCUT2D eigenvalue weighted by atomic mass is 9.95. The maximum absolute atomic E-state index is 13.3. The van der Waals surface area contributed by atoms with E-state index in [0.717, 1.165) is 0 Å². The number of aryl methyl sites for hydroxylation is 1. The molecule has 1 aromatic carbocycles. The normalized spacial score (nSPS) is 13.2. The summed E-state index contributed by atoms with van der Waals surface area (Å²) >= 11 is 0. The molecular formula is C14H17FO2. The van der Waals surface area contributed by atoms with Crippen molar-refractivity contribution in [3.05, 3.63) is 41.2 Å². The third kappa shape index (κ3) is 3.70. The Kier molecular flexibility index (Phi) is 4.44. The fraction of sp³-hybridized carbons (Fsp3) is 0.357. The number of rotatable bonds is 4. The van der Waals surface area contributed by atoms with Gasteiger partial charge < -0.3 is 5.11 Å². The Morgan fingerprint density at radius 3 is 2.53 bits per heavy atom. The van der Waals surface area contributed by atoms with Crippen LogP contribution in [0, 0.1) is 24.6 Å². The summed E-state index contributed by atoms with van der Waals surface area (Å²) in [6.07, 6.45) is 3.26. The Bertz CT molecular complexity index is 436. The lowest BCUT2D eigenvalue weighted by Crippen LogP contribution is -2.16. The molecule has 0 spiro atoms. The van der Waals surface area contributed by atoms with E-state index >= 15 is 0 Å². The Morgan fingerprint density at radius 1 is 1.41 bits per heavy atom. The van der Waals surface area contributed by atoms with E-state index in [4.69, 9.17) is 5.11 Å². The van der Waals surface area contributed by atoms with E-state index in [9.17, 15) is 9.18 Å². The lowest BCUT2D eigenvalue weighted by molar-refractivity contribution is -0.141. The van der Waals surface area contributed by atoms with Crippen LogP contribution in [-0.2, 0) is 4.79 Å². The molecule has 0 bridgehead atoms. The van der Waals surface area contributed by atoms with Crippen LogP contribution in [0.1, 0.15) is 25.0 Å². The Morgan fingerprint density at radius 2 is 2.06 bits per heavy atom. The number of carboxylic acid groups (broad SMARTS) is 1. The highest BCUT2D eigenvalue weighted by Crippen LogP contribution is 2.16. The zero-order valence-electron chi connectivity index (χ0n) is 10.3. The molecule has 92 valence electrons. The van der Waals surface area contributed by atoms with Gasteiger partial charge in [-0.15, -0.1) is 0 Å². The second-order valence-corrected chi connectivity index (χ2v) is 4.48. The number of benzene rings is 1. The van der Waals surface area contributed by atoms with E-state index in [1.54, 1.807) is 31.2 Å². The molecule has 1 atom stereocenters. The largest absolute Gasteiger partial charge is 0.481 e. The highest BCUT2D eigenvalue weighted by molar-refractivity contribution is 5.74. The van der Waals surface area contributed by atoms with Gasteiger partial charge in [-0.25, -0.2) is 4.39 Å². The van der Waals surface area contributed by atoms with Crippen LogP contribution >= 0.6 is 0 Å². The van der Waals surface area contributed by atoms with E-state index in [1.807, 2.05) is 13.8 Å². The maximum Gasteiger partial charge on any atom is 0.310 e. The smallest absolute Gasteiger partial charge is 0.310 e. The first kappa shape index (κ1) is 13.4. The van der Waals surface area contributed by atoms with Crippen molar-refractivity contribution in [2.24, 2.45) is 11.8 Å². The quantitative estimate of drug-likeness (QED) is 0.868. The van der Waals surface area contributed by atoms with Gasteiger partial charge >= 0.3 is 5.97 Å². The van der Waals surface area contributed by atoms with Gasteiger partial charge in [-0.3, -0.25) is 4.79 Å². The zero-order chi connectivity index (χ0) is 13.0. The molecule has 17 heavy (non-hydrogen) atoms. The number of hydrogen-bond acceptors (Lipinski definition) is 1. The van der Waals surface area contributed by atoms with Crippen LogP contribution in [-0.4, -0.2) is 11.1 Å². The molecule has 0 aromatic heterocycles. The number of aliphatic carboxylic acids is 1. The second kappa shape index (κ2) is 5.62. The van der Waals surface area contributed by atoms with Crippen molar-refractivity contribution in [2.75, 3.05) is 0 Å². The van der Waals surface area contributed by atoms with Crippen molar-refractivity contribution in [1.29, 1.82) is 0 Å². The standard InChI is InChI=1S/C14H17FO2/c1-9(2)12(14(16)17)7-6-11-5-4-10(3)13(15)8-11/h4-9,12H,1-3H3,(H,16,17). The molecule has 1 N–H and O–H groups in total. The summed E-state index contributed by atoms with van der Waals surface area (Å²) in [7, 11) is 0. The van der Waals surface area contributed by atoms with Crippen LogP contribution in [0.2, 0.25) is 0 Å². The van der Waals surface area contributed by atoms with Crippen molar-refractivity contribution in [1.82, 2.24) is 0 Å². The maximum atomic E-state index is 13.3. The number of carbonyl (C=O) groups is 1. The van der Waals surface area contributed by atoms with Gasteiger partial charge in [-0.2, -0.15) is 0 Å². The molecule has 1 aromatic rings. The minimum Gasteiger partial charge on any atom is -0.481 e. The monoisotopic (exact) mass is 236 g/mol. The van der Waals surface area contributed by atoms with Gasteiger partial charge in [0.1, 0.15) is 5.82 Å². The summed E-state index contributed by atoms with van der Waals surface area (Å²) in [5.41, 5.74) is 1.26. The van der Waals surface area contributed by atoms with E-state index in [0.29, 0.717) is 11.1 Å². The predicted molar refractivity (Wildman–Crippen MR) is 66.1 cm³/mol. The third-order valence-electron chi connectivity index (χ3n) is 2.70. The molecule has 2 nitrogen and oxygen atoms in total. The minimum atomic E-state index is -0.858. The molecule has 0 saturated heterocycles. The van der Waals surface area contributed by atoms with E-state index in [-0.39, 0.29) is 11.7 Å². The van der Waals surface area contributed by atoms with Crippen molar-refractivity contribution in [2.45, 2.75) is 20.8 Å². The topological polar surface area (TPSA) is 37.3 Å². The molecule has 0 aliphatic heterocycles. The first-order valence-electron chi connectivity index (χ1n) is 5.59. The summed E-state index contributed by atoms with van der Waals surface area (Å²) < 4.78 is 13.3. The predicted octanol–water partition coefficient (Wildman–Crippen LogP) is 3.50. The second-order valence-electron chi connectivity index (χ2n) is 4.48. The van der Waals surface area contributed by atoms with Gasteiger partial charge in [-0.1, -0.05) is 38.1 Å². The Balaban J connectivity index is 2.88. The van der Waals surface area contributed by atoms with Gasteiger partial charge in [0.05, 0.1) is 5.92 Å². The first-order chi connectivity index (χ1) is 7.91. The summed E-state index contributed by atoms with van der Waals surface area (Å²) in [6, 6.07) is 4.86. The van der Waals surface area contributed by atoms with Crippen LogP contribution in [0.3, 0.4) is 0 Å². The summed E-state index contributed by atoms with van der Waals surface area (Å²) in [6.45, 7) is 5.38. The van der Waals surface area contributed by atoms with Crippen molar-refractivity contribution >= 4 is 12.0 Å². The molecule has 3 heteroatoms. The van der Waals surface area contributed by atoms with Crippen LogP contribution in [0.15, 0.2) is 24.3 Å². The fourth-order valence-corrected chi connectivity index (χ4v) is 1.52. The van der Waals surface area contributed by atoms with E-state index in [1.165, 1.54) is 6.07 Å². The highest BCUT2D eigenvalue weighted by Gasteiger charge is 2.17. The molecule has 0 radical (unpaired) electrons. The SMILES string of the molecule is Cc1ccc(C=CC(C(=O)O)C(C)C)cc1F. The average Bonchev–Trinajstić information content (AvgIpc) is 2.22. The Hall–Kier alpha value is -1.64. The molecule has 1 rings (SSSR count). The van der Waals surface area contributed by atoms with Crippen LogP contribution in [0.5, 0.6) is 0 Å². The zero-order valence-corrected chi connectivity index (χ0v) is 10.3. The van der Waals surface area contributed by atoms with Gasteiger partial charge in [0.2, 0.25) is 0 Å². The summed E-state index contributed by atoms with van der Waals surface area (Å²) in [5.74, 6) is -1.66. The molecule has 0 amide bonds. The van der Waals surface area contributed by atoms with E-state index in [2.05, 4.69) is 0 Å². The van der Waals surface area contributed by atoms with Gasteiger partial charge in [0.15, 0.2) is 0 Å². The average molecular weight is 236 g/mol. The van der Waals surface area contributed by atoms with Crippen LogP contribution in [0.25, 0.3) is 6.08 Å². The molecule has 0 fully saturated rings. The number of halogens is 1. The molecule has 0 saturated carbocycles. The van der Waals surface area contributed by atoms with Crippen LogP contribution < -0.4 is 0 Å². The summed E-state index contributed by atoms with van der Waals surface area (Å²) in [5, 5.41) is 9.00. The lowest BCUT2D eigenvalue weighted by Gasteiger charge is -2.11. The molecular weight excluding hydrogens is 219 g/mol. The third-order valence-corrected chi connectivity index (χ3v) is 2.70. The first-order valence-corrected chi connectivity index (χ1v) is 5.59.